The molecule has 0 unspecified atom stereocenters. The van der Waals surface area contributed by atoms with Crippen molar-refractivity contribution in [1.29, 1.82) is 0 Å². The van der Waals surface area contributed by atoms with Gasteiger partial charge in [0.05, 0.1) is 12.0 Å². The summed E-state index contributed by atoms with van der Waals surface area (Å²) < 4.78 is 17.9. The zero-order valence-electron chi connectivity index (χ0n) is 13.9. The summed E-state index contributed by atoms with van der Waals surface area (Å²) in [6.45, 7) is 6.15. The molecule has 0 fully saturated rings. The lowest BCUT2D eigenvalue weighted by molar-refractivity contribution is 0.537. The molecule has 0 aliphatic rings. The zero-order valence-corrected chi connectivity index (χ0v) is 13.9. The fourth-order valence-electron chi connectivity index (χ4n) is 2.87. The molecule has 0 aliphatic heterocycles. The molecule has 2 aromatic heterocycles. The van der Waals surface area contributed by atoms with E-state index in [1.54, 1.807) is 30.8 Å². The van der Waals surface area contributed by atoms with E-state index in [0.717, 1.165) is 6.42 Å². The van der Waals surface area contributed by atoms with Crippen molar-refractivity contribution in [3.05, 3.63) is 57.2 Å². The first kappa shape index (κ1) is 16.2. The number of aryl methyl sites for hydroxylation is 1. The van der Waals surface area contributed by atoms with Gasteiger partial charge in [0.15, 0.2) is 11.2 Å². The second-order valence-corrected chi connectivity index (χ2v) is 5.98. The van der Waals surface area contributed by atoms with Gasteiger partial charge >= 0.3 is 5.69 Å². The number of hydrogen-bond donors (Lipinski definition) is 0. The van der Waals surface area contributed by atoms with Crippen LogP contribution in [0.1, 0.15) is 33.2 Å². The molecular weight excluding hydrogens is 311 g/mol. The molecule has 0 radical (unpaired) electrons. The highest BCUT2D eigenvalue weighted by Crippen LogP contribution is 2.15. The summed E-state index contributed by atoms with van der Waals surface area (Å²) in [5, 5.41) is 0. The molecule has 2 heterocycles. The Hall–Kier alpha value is -2.70. The smallest absolute Gasteiger partial charge is 0.325 e. The molecule has 0 saturated heterocycles. The summed E-state index contributed by atoms with van der Waals surface area (Å²) in [7, 11) is 0. The van der Waals surface area contributed by atoms with Crippen LogP contribution in [0.2, 0.25) is 0 Å². The van der Waals surface area contributed by atoms with Crippen molar-refractivity contribution in [3.63, 3.8) is 0 Å². The van der Waals surface area contributed by atoms with Gasteiger partial charge in [-0.05, 0) is 38.5 Å². The number of benzene rings is 1. The fourth-order valence-corrected chi connectivity index (χ4v) is 2.87. The third-order valence-corrected chi connectivity index (χ3v) is 3.90. The van der Waals surface area contributed by atoms with Crippen LogP contribution in [0.25, 0.3) is 16.9 Å². The van der Waals surface area contributed by atoms with Gasteiger partial charge in [-0.3, -0.25) is 9.36 Å². The Morgan fingerprint density at radius 2 is 2.00 bits per heavy atom. The summed E-state index contributed by atoms with van der Waals surface area (Å²) in [6, 6.07) is 5.39. The first-order chi connectivity index (χ1) is 11.5. The van der Waals surface area contributed by atoms with Gasteiger partial charge in [0, 0.05) is 12.6 Å². The number of halogens is 1. The van der Waals surface area contributed by atoms with E-state index in [2.05, 4.69) is 4.98 Å². The normalized spacial score (nSPS) is 11.5. The van der Waals surface area contributed by atoms with Crippen LogP contribution in [-0.2, 0) is 6.54 Å². The molecule has 3 rings (SSSR count). The Morgan fingerprint density at radius 3 is 2.62 bits per heavy atom. The highest BCUT2D eigenvalue weighted by atomic mass is 19.1. The maximum Gasteiger partial charge on any atom is 0.337 e. The standard InChI is InChI=1S/C17H19FN4O2/c1-4-8-20-10-19-15-14(20)16(23)21(11(2)3)17(24)22(15)13-7-5-6-12(18)9-13/h5-7,9-11H,4,8H2,1-3H3. The average Bonchev–Trinajstić information content (AvgIpc) is 2.91. The number of imidazole rings is 1. The predicted octanol–water partition coefficient (Wildman–Crippen LogP) is 2.48. The van der Waals surface area contributed by atoms with Crippen LogP contribution < -0.4 is 11.2 Å². The van der Waals surface area contributed by atoms with E-state index >= 15 is 0 Å². The van der Waals surface area contributed by atoms with Gasteiger partial charge in [0.2, 0.25) is 0 Å². The van der Waals surface area contributed by atoms with Crippen molar-refractivity contribution >= 4 is 11.2 Å². The molecule has 0 spiro atoms. The summed E-state index contributed by atoms with van der Waals surface area (Å²) in [6.07, 6.45) is 2.38. The molecular formula is C17H19FN4O2. The second-order valence-electron chi connectivity index (χ2n) is 5.98. The van der Waals surface area contributed by atoms with Crippen molar-refractivity contribution in [1.82, 2.24) is 18.7 Å². The van der Waals surface area contributed by atoms with Crippen molar-refractivity contribution in [2.24, 2.45) is 0 Å². The Labute approximate surface area is 137 Å². The molecule has 0 N–H and O–H groups in total. The van der Waals surface area contributed by atoms with Gasteiger partial charge in [0.25, 0.3) is 5.56 Å². The van der Waals surface area contributed by atoms with E-state index in [1.807, 2.05) is 6.92 Å². The largest absolute Gasteiger partial charge is 0.337 e. The molecule has 0 amide bonds. The molecule has 0 aliphatic carbocycles. The van der Waals surface area contributed by atoms with E-state index in [9.17, 15) is 14.0 Å². The van der Waals surface area contributed by atoms with Gasteiger partial charge in [-0.2, -0.15) is 0 Å². The highest BCUT2D eigenvalue weighted by Gasteiger charge is 2.20. The Kier molecular flexibility index (Phi) is 4.09. The minimum atomic E-state index is -0.519. The van der Waals surface area contributed by atoms with Gasteiger partial charge in [-0.1, -0.05) is 13.0 Å². The maximum absolute atomic E-state index is 13.6. The quantitative estimate of drug-likeness (QED) is 0.738. The number of fused-ring (bicyclic) bond motifs is 1. The van der Waals surface area contributed by atoms with E-state index in [1.165, 1.54) is 27.3 Å². The predicted molar refractivity (Wildman–Crippen MR) is 90.2 cm³/mol. The van der Waals surface area contributed by atoms with E-state index < -0.39 is 11.5 Å². The van der Waals surface area contributed by atoms with Gasteiger partial charge < -0.3 is 4.57 Å². The lowest BCUT2D eigenvalue weighted by Crippen LogP contribution is -2.41. The first-order valence-corrected chi connectivity index (χ1v) is 7.94. The zero-order chi connectivity index (χ0) is 17.4. The minimum absolute atomic E-state index is 0.251. The lowest BCUT2D eigenvalue weighted by atomic mass is 10.3. The molecule has 0 atom stereocenters. The Bertz CT molecular complexity index is 1010. The summed E-state index contributed by atoms with van der Waals surface area (Å²) in [4.78, 5) is 29.9. The van der Waals surface area contributed by atoms with Crippen LogP contribution in [0, 0.1) is 5.82 Å². The van der Waals surface area contributed by atoms with Crippen LogP contribution in [0.15, 0.2) is 40.2 Å². The fraction of sp³-hybridized carbons (Fsp3) is 0.353. The molecule has 3 aromatic rings. The molecule has 126 valence electrons. The number of nitrogens with zero attached hydrogens (tertiary/aromatic N) is 4. The monoisotopic (exact) mass is 330 g/mol. The van der Waals surface area contributed by atoms with Crippen molar-refractivity contribution < 1.29 is 4.39 Å². The Morgan fingerprint density at radius 1 is 1.25 bits per heavy atom. The maximum atomic E-state index is 13.6. The van der Waals surface area contributed by atoms with Crippen molar-refractivity contribution in [2.75, 3.05) is 0 Å². The topological polar surface area (TPSA) is 61.8 Å². The van der Waals surface area contributed by atoms with Gasteiger partial charge in [-0.25, -0.2) is 18.7 Å². The first-order valence-electron chi connectivity index (χ1n) is 7.94. The number of aromatic nitrogens is 4. The van der Waals surface area contributed by atoms with Crippen LogP contribution in [0.5, 0.6) is 0 Å². The van der Waals surface area contributed by atoms with Gasteiger partial charge in [0.1, 0.15) is 5.82 Å². The van der Waals surface area contributed by atoms with E-state index in [0.29, 0.717) is 17.7 Å². The van der Waals surface area contributed by atoms with Crippen LogP contribution in [0.4, 0.5) is 4.39 Å². The number of hydrogen-bond acceptors (Lipinski definition) is 3. The lowest BCUT2D eigenvalue weighted by Gasteiger charge is -2.14. The molecule has 7 heteroatoms. The molecule has 0 bridgehead atoms. The van der Waals surface area contributed by atoms with Crippen LogP contribution in [-0.4, -0.2) is 18.7 Å². The van der Waals surface area contributed by atoms with Crippen molar-refractivity contribution in [3.8, 4) is 5.69 Å². The molecule has 24 heavy (non-hydrogen) atoms. The van der Waals surface area contributed by atoms with Gasteiger partial charge in [-0.15, -0.1) is 0 Å². The SMILES string of the molecule is CCCn1cnc2c1c(=O)n(C(C)C)c(=O)n2-c1cccc(F)c1. The minimum Gasteiger partial charge on any atom is -0.325 e. The third kappa shape index (κ3) is 2.46. The van der Waals surface area contributed by atoms with E-state index in [4.69, 9.17) is 0 Å². The summed E-state index contributed by atoms with van der Waals surface area (Å²) in [5.41, 5.74) is 0.0648. The highest BCUT2D eigenvalue weighted by molar-refractivity contribution is 5.72. The molecule has 0 saturated carbocycles. The van der Waals surface area contributed by atoms with E-state index in [-0.39, 0.29) is 17.2 Å². The Balaban J connectivity index is 2.49. The second kappa shape index (κ2) is 6.07. The van der Waals surface area contributed by atoms with Crippen molar-refractivity contribution in [2.45, 2.75) is 39.8 Å². The summed E-state index contributed by atoms with van der Waals surface area (Å²) >= 11 is 0. The summed E-state index contributed by atoms with van der Waals surface area (Å²) in [5.74, 6) is -0.456. The van der Waals surface area contributed by atoms with Crippen LogP contribution >= 0.6 is 0 Å². The molecule has 1 aromatic carbocycles. The third-order valence-electron chi connectivity index (χ3n) is 3.90. The number of rotatable bonds is 4. The van der Waals surface area contributed by atoms with Crippen LogP contribution in [0.3, 0.4) is 0 Å². The molecule has 6 nitrogen and oxygen atoms in total. The average molecular weight is 330 g/mol.